The number of hydrogen-bond donors (Lipinski definition) is 0. The van der Waals surface area contributed by atoms with Crippen LogP contribution in [-0.4, -0.2) is 9.97 Å². The van der Waals surface area contributed by atoms with Gasteiger partial charge in [0, 0.05) is 11.9 Å². The van der Waals surface area contributed by atoms with Crippen LogP contribution in [0.1, 0.15) is 50.8 Å². The van der Waals surface area contributed by atoms with Gasteiger partial charge in [-0.05, 0) is 35.6 Å². The van der Waals surface area contributed by atoms with E-state index in [9.17, 15) is 0 Å². The van der Waals surface area contributed by atoms with Crippen molar-refractivity contribution in [2.45, 2.75) is 39.5 Å². The minimum absolute atomic E-state index is 0.460. The molecule has 0 fully saturated rings. The van der Waals surface area contributed by atoms with E-state index in [4.69, 9.17) is 4.98 Å². The van der Waals surface area contributed by atoms with Crippen LogP contribution in [0.15, 0.2) is 24.4 Å². The second kappa shape index (κ2) is 4.20. The molecule has 0 bridgehead atoms. The zero-order valence-electron chi connectivity index (χ0n) is 10.4. The van der Waals surface area contributed by atoms with E-state index in [0.29, 0.717) is 11.8 Å². The number of hydrogen-bond acceptors (Lipinski definition) is 2. The lowest BCUT2D eigenvalue weighted by atomic mass is 9.95. The van der Waals surface area contributed by atoms with Crippen LogP contribution in [0.3, 0.4) is 0 Å². The molecule has 2 rings (SSSR count). The summed E-state index contributed by atoms with van der Waals surface area (Å²) in [6.07, 6.45) is 1.82. The van der Waals surface area contributed by atoms with Gasteiger partial charge in [0.05, 0.1) is 11.0 Å². The number of nitrogens with zero attached hydrogens (tertiary/aromatic N) is 2. The second-order valence-corrected chi connectivity index (χ2v) is 4.81. The predicted octanol–water partition coefficient (Wildman–Crippen LogP) is 3.88. The largest absolute Gasteiger partial charge is 0.255 e. The van der Waals surface area contributed by atoms with Crippen LogP contribution in [0.25, 0.3) is 11.0 Å². The van der Waals surface area contributed by atoms with Crippen molar-refractivity contribution in [1.82, 2.24) is 9.97 Å². The molecule has 0 aromatic carbocycles. The molecule has 2 heterocycles. The van der Waals surface area contributed by atoms with Crippen molar-refractivity contribution >= 4 is 11.0 Å². The fraction of sp³-hybridized carbons (Fsp3) is 0.429. The van der Waals surface area contributed by atoms with Crippen molar-refractivity contribution in [1.29, 1.82) is 0 Å². The van der Waals surface area contributed by atoms with Crippen LogP contribution in [0.5, 0.6) is 0 Å². The molecule has 0 unspecified atom stereocenters. The van der Waals surface area contributed by atoms with Crippen molar-refractivity contribution < 1.29 is 0 Å². The summed E-state index contributed by atoms with van der Waals surface area (Å²) in [7, 11) is 0. The molecular weight excluding hydrogens is 196 g/mol. The molecule has 0 radical (unpaired) electrons. The molecule has 2 nitrogen and oxygen atoms in total. The quantitative estimate of drug-likeness (QED) is 0.758. The minimum Gasteiger partial charge on any atom is -0.255 e. The Balaban J connectivity index is 2.71. The normalized spacial score (nSPS) is 11.6. The molecule has 2 heteroatoms. The fourth-order valence-electron chi connectivity index (χ4n) is 1.96. The standard InChI is InChI=1S/C14H18N2/c1-9(2)11-8-13-12(6-5-7-15-13)16-14(11)10(3)4/h5-10H,1-4H3. The van der Waals surface area contributed by atoms with E-state index in [1.54, 1.807) is 0 Å². The fourth-order valence-corrected chi connectivity index (χ4v) is 1.96. The lowest BCUT2D eigenvalue weighted by Crippen LogP contribution is -2.02. The summed E-state index contributed by atoms with van der Waals surface area (Å²) in [6, 6.07) is 6.15. The van der Waals surface area contributed by atoms with E-state index in [1.807, 2.05) is 18.3 Å². The monoisotopic (exact) mass is 214 g/mol. The van der Waals surface area contributed by atoms with Gasteiger partial charge in [0.2, 0.25) is 0 Å². The molecule has 0 aliphatic rings. The van der Waals surface area contributed by atoms with Crippen molar-refractivity contribution in [3.63, 3.8) is 0 Å². The first kappa shape index (κ1) is 11.1. The first-order valence-corrected chi connectivity index (χ1v) is 5.85. The minimum atomic E-state index is 0.460. The summed E-state index contributed by atoms with van der Waals surface area (Å²) in [4.78, 5) is 9.10. The van der Waals surface area contributed by atoms with Crippen LogP contribution < -0.4 is 0 Å². The van der Waals surface area contributed by atoms with Crippen LogP contribution in [0.4, 0.5) is 0 Å². The summed E-state index contributed by atoms with van der Waals surface area (Å²) in [5.41, 5.74) is 4.52. The predicted molar refractivity (Wildman–Crippen MR) is 67.7 cm³/mol. The highest BCUT2D eigenvalue weighted by Gasteiger charge is 2.13. The third-order valence-corrected chi connectivity index (χ3v) is 2.81. The topological polar surface area (TPSA) is 25.8 Å². The number of pyridine rings is 2. The molecule has 0 spiro atoms. The van der Waals surface area contributed by atoms with E-state index < -0.39 is 0 Å². The first-order valence-electron chi connectivity index (χ1n) is 5.85. The summed E-state index contributed by atoms with van der Waals surface area (Å²) in [5.74, 6) is 0.957. The molecule has 16 heavy (non-hydrogen) atoms. The van der Waals surface area contributed by atoms with Gasteiger partial charge in [0.1, 0.15) is 0 Å². The number of rotatable bonds is 2. The highest BCUT2D eigenvalue weighted by Crippen LogP contribution is 2.26. The van der Waals surface area contributed by atoms with Gasteiger partial charge in [-0.15, -0.1) is 0 Å². The number of fused-ring (bicyclic) bond motifs is 1. The first-order chi connectivity index (χ1) is 7.59. The van der Waals surface area contributed by atoms with Gasteiger partial charge < -0.3 is 0 Å². The highest BCUT2D eigenvalue weighted by atomic mass is 14.8. The summed E-state index contributed by atoms with van der Waals surface area (Å²) in [5, 5.41) is 0. The van der Waals surface area contributed by atoms with Crippen molar-refractivity contribution in [2.75, 3.05) is 0 Å². The van der Waals surface area contributed by atoms with Crippen molar-refractivity contribution in [2.24, 2.45) is 0 Å². The summed E-state index contributed by atoms with van der Waals surface area (Å²) < 4.78 is 0. The average molecular weight is 214 g/mol. The Kier molecular flexibility index (Phi) is 2.90. The zero-order chi connectivity index (χ0) is 11.7. The van der Waals surface area contributed by atoms with Crippen molar-refractivity contribution in [3.8, 4) is 0 Å². The Labute approximate surface area is 96.7 Å². The molecule has 0 N–H and O–H groups in total. The van der Waals surface area contributed by atoms with Crippen LogP contribution in [-0.2, 0) is 0 Å². The molecule has 0 saturated heterocycles. The molecule has 2 aromatic rings. The Bertz CT molecular complexity index is 455. The molecular formula is C14H18N2. The maximum atomic E-state index is 4.73. The Morgan fingerprint density at radius 3 is 2.38 bits per heavy atom. The molecule has 0 aliphatic carbocycles. The molecule has 0 amide bonds. The van der Waals surface area contributed by atoms with E-state index in [-0.39, 0.29) is 0 Å². The lowest BCUT2D eigenvalue weighted by molar-refractivity contribution is 0.763. The third kappa shape index (κ3) is 1.92. The Morgan fingerprint density at radius 2 is 1.75 bits per heavy atom. The average Bonchev–Trinajstić information content (AvgIpc) is 2.27. The van der Waals surface area contributed by atoms with Gasteiger partial charge >= 0.3 is 0 Å². The van der Waals surface area contributed by atoms with Gasteiger partial charge in [-0.25, -0.2) is 0 Å². The Morgan fingerprint density at radius 1 is 1.00 bits per heavy atom. The summed E-state index contributed by atoms with van der Waals surface area (Å²) in [6.45, 7) is 8.79. The van der Waals surface area contributed by atoms with Gasteiger partial charge in [0.25, 0.3) is 0 Å². The SMILES string of the molecule is CC(C)c1cc2ncccc2nc1C(C)C. The van der Waals surface area contributed by atoms with Crippen molar-refractivity contribution in [3.05, 3.63) is 35.7 Å². The third-order valence-electron chi connectivity index (χ3n) is 2.81. The van der Waals surface area contributed by atoms with E-state index in [0.717, 1.165) is 11.0 Å². The number of aromatic nitrogens is 2. The maximum absolute atomic E-state index is 4.73. The molecule has 0 saturated carbocycles. The molecule has 0 atom stereocenters. The molecule has 84 valence electrons. The van der Waals surface area contributed by atoms with E-state index in [1.165, 1.54) is 11.3 Å². The highest BCUT2D eigenvalue weighted by molar-refractivity contribution is 5.75. The smallest absolute Gasteiger partial charge is 0.0890 e. The van der Waals surface area contributed by atoms with Gasteiger partial charge in [-0.3, -0.25) is 9.97 Å². The second-order valence-electron chi connectivity index (χ2n) is 4.81. The van der Waals surface area contributed by atoms with Crippen LogP contribution >= 0.6 is 0 Å². The van der Waals surface area contributed by atoms with E-state index >= 15 is 0 Å². The zero-order valence-corrected chi connectivity index (χ0v) is 10.4. The summed E-state index contributed by atoms with van der Waals surface area (Å²) >= 11 is 0. The van der Waals surface area contributed by atoms with Gasteiger partial charge in [-0.2, -0.15) is 0 Å². The van der Waals surface area contributed by atoms with Crippen LogP contribution in [0.2, 0.25) is 0 Å². The maximum Gasteiger partial charge on any atom is 0.0890 e. The molecule has 2 aromatic heterocycles. The van der Waals surface area contributed by atoms with Crippen LogP contribution in [0, 0.1) is 0 Å². The van der Waals surface area contributed by atoms with Gasteiger partial charge in [0.15, 0.2) is 0 Å². The Hall–Kier alpha value is -1.44. The lowest BCUT2D eigenvalue weighted by Gasteiger charge is -2.15. The van der Waals surface area contributed by atoms with E-state index in [2.05, 4.69) is 38.7 Å². The molecule has 0 aliphatic heterocycles. The van der Waals surface area contributed by atoms with Gasteiger partial charge in [-0.1, -0.05) is 27.7 Å².